The number of aromatic nitrogens is 3. The number of anilines is 3. The highest BCUT2D eigenvalue weighted by Crippen LogP contribution is 2.35. The molecule has 1 fully saturated rings. The zero-order valence-electron chi connectivity index (χ0n) is 13.9. The van der Waals surface area contributed by atoms with E-state index in [9.17, 15) is 13.2 Å². The van der Waals surface area contributed by atoms with Crippen molar-refractivity contribution in [2.45, 2.75) is 44.8 Å². The fourth-order valence-electron chi connectivity index (χ4n) is 3.17. The molecule has 134 valence electrons. The van der Waals surface area contributed by atoms with E-state index in [2.05, 4.69) is 32.3 Å². The van der Waals surface area contributed by atoms with E-state index in [1.807, 2.05) is 0 Å². The third-order valence-corrected chi connectivity index (χ3v) is 4.42. The van der Waals surface area contributed by atoms with E-state index in [0.29, 0.717) is 11.9 Å². The predicted octanol–water partition coefficient (Wildman–Crippen LogP) is 4.40. The Labute approximate surface area is 144 Å². The van der Waals surface area contributed by atoms with Gasteiger partial charge < -0.3 is 10.2 Å². The molecule has 1 atom stereocenters. The summed E-state index contributed by atoms with van der Waals surface area (Å²) in [6, 6.07) is 5.64. The van der Waals surface area contributed by atoms with Crippen LogP contribution in [0.1, 0.15) is 38.2 Å². The van der Waals surface area contributed by atoms with Crippen molar-refractivity contribution in [1.29, 1.82) is 0 Å². The molecule has 1 aliphatic heterocycles. The third kappa shape index (κ3) is 4.00. The Hall–Kier alpha value is -2.38. The van der Waals surface area contributed by atoms with Gasteiger partial charge in [-0.05, 0) is 37.8 Å². The Kier molecular flexibility index (Phi) is 5.06. The van der Waals surface area contributed by atoms with Gasteiger partial charge in [0.25, 0.3) is 0 Å². The highest BCUT2D eigenvalue weighted by molar-refractivity contribution is 5.60. The first-order valence-corrected chi connectivity index (χ1v) is 8.38. The van der Waals surface area contributed by atoms with Crippen LogP contribution < -0.4 is 10.2 Å². The van der Waals surface area contributed by atoms with E-state index >= 15 is 0 Å². The third-order valence-electron chi connectivity index (χ3n) is 4.42. The minimum atomic E-state index is -4.45. The van der Waals surface area contributed by atoms with Gasteiger partial charge in [0, 0.05) is 12.6 Å². The summed E-state index contributed by atoms with van der Waals surface area (Å²) in [4.78, 5) is 6.55. The van der Waals surface area contributed by atoms with Crippen LogP contribution in [0.15, 0.2) is 30.5 Å². The molecular formula is C17H20F3N5. The fourth-order valence-corrected chi connectivity index (χ4v) is 3.17. The molecule has 3 rings (SSSR count). The van der Waals surface area contributed by atoms with E-state index in [-0.39, 0.29) is 11.6 Å². The lowest BCUT2D eigenvalue weighted by Crippen LogP contribution is -2.39. The molecule has 5 nitrogen and oxygen atoms in total. The van der Waals surface area contributed by atoms with Crippen LogP contribution >= 0.6 is 0 Å². The van der Waals surface area contributed by atoms with Crippen LogP contribution in [-0.2, 0) is 6.18 Å². The molecule has 1 saturated heterocycles. The average molecular weight is 351 g/mol. The molecule has 2 aromatic rings. The van der Waals surface area contributed by atoms with Gasteiger partial charge in [-0.2, -0.15) is 23.3 Å². The summed E-state index contributed by atoms with van der Waals surface area (Å²) >= 11 is 0. The Morgan fingerprint density at radius 1 is 1.24 bits per heavy atom. The molecular weight excluding hydrogens is 331 g/mol. The molecule has 0 saturated carbocycles. The summed E-state index contributed by atoms with van der Waals surface area (Å²) in [7, 11) is 0. The van der Waals surface area contributed by atoms with Crippen LogP contribution in [-0.4, -0.2) is 27.8 Å². The Balaban J connectivity index is 1.86. The van der Waals surface area contributed by atoms with Crippen molar-refractivity contribution in [2.75, 3.05) is 16.8 Å². The van der Waals surface area contributed by atoms with Crippen molar-refractivity contribution in [2.24, 2.45) is 0 Å². The van der Waals surface area contributed by atoms with Gasteiger partial charge in [-0.1, -0.05) is 19.1 Å². The van der Waals surface area contributed by atoms with Gasteiger partial charge in [-0.25, -0.2) is 0 Å². The van der Waals surface area contributed by atoms with E-state index in [0.717, 1.165) is 31.9 Å². The molecule has 0 bridgehead atoms. The van der Waals surface area contributed by atoms with E-state index in [1.165, 1.54) is 24.6 Å². The maximum absolute atomic E-state index is 13.1. The molecule has 0 aliphatic carbocycles. The molecule has 1 aliphatic rings. The maximum atomic E-state index is 13.1. The zero-order valence-corrected chi connectivity index (χ0v) is 13.9. The van der Waals surface area contributed by atoms with Crippen molar-refractivity contribution in [3.05, 3.63) is 36.0 Å². The van der Waals surface area contributed by atoms with Gasteiger partial charge in [0.2, 0.25) is 5.95 Å². The Morgan fingerprint density at radius 2 is 2.04 bits per heavy atom. The molecule has 25 heavy (non-hydrogen) atoms. The number of hydrogen-bond donors (Lipinski definition) is 1. The minimum Gasteiger partial charge on any atom is -0.352 e. The highest BCUT2D eigenvalue weighted by atomic mass is 19.4. The summed E-state index contributed by atoms with van der Waals surface area (Å²) in [5.41, 5.74) is -0.840. The maximum Gasteiger partial charge on any atom is 0.418 e. The number of para-hydroxylation sites is 1. The number of hydrogen-bond acceptors (Lipinski definition) is 5. The second-order valence-corrected chi connectivity index (χ2v) is 6.06. The largest absolute Gasteiger partial charge is 0.418 e. The predicted molar refractivity (Wildman–Crippen MR) is 89.8 cm³/mol. The average Bonchev–Trinajstić information content (AvgIpc) is 2.61. The monoisotopic (exact) mass is 351 g/mol. The smallest absolute Gasteiger partial charge is 0.352 e. The van der Waals surface area contributed by atoms with Crippen molar-refractivity contribution in [1.82, 2.24) is 15.2 Å². The molecule has 1 aromatic heterocycles. The van der Waals surface area contributed by atoms with Crippen LogP contribution in [0.5, 0.6) is 0 Å². The number of nitrogens with zero attached hydrogens (tertiary/aromatic N) is 4. The second-order valence-electron chi connectivity index (χ2n) is 6.06. The van der Waals surface area contributed by atoms with Gasteiger partial charge in [-0.3, -0.25) is 0 Å². The normalized spacial score (nSPS) is 18.2. The lowest BCUT2D eigenvalue weighted by molar-refractivity contribution is -0.136. The van der Waals surface area contributed by atoms with Gasteiger partial charge in [0.1, 0.15) is 0 Å². The lowest BCUT2D eigenvalue weighted by atomic mass is 10.0. The molecule has 2 heterocycles. The van der Waals surface area contributed by atoms with Crippen LogP contribution in [0.3, 0.4) is 0 Å². The van der Waals surface area contributed by atoms with Gasteiger partial charge in [0.05, 0.1) is 17.4 Å². The first kappa shape index (κ1) is 17.4. The number of piperidine rings is 1. The standard InChI is InChI=1S/C17H20F3N5/c1-2-12-7-5-6-10-25(12)15-11-21-24-16(23-15)22-14-9-4-3-8-13(14)17(18,19)20/h3-4,8-9,11-12H,2,5-7,10H2,1H3,(H,22,23,24). The molecule has 1 N–H and O–H groups in total. The number of rotatable bonds is 4. The number of benzene rings is 1. The van der Waals surface area contributed by atoms with Crippen LogP contribution in [0.2, 0.25) is 0 Å². The van der Waals surface area contributed by atoms with E-state index < -0.39 is 11.7 Å². The van der Waals surface area contributed by atoms with Crippen LogP contribution in [0.25, 0.3) is 0 Å². The van der Waals surface area contributed by atoms with Gasteiger partial charge >= 0.3 is 6.18 Å². The first-order valence-electron chi connectivity index (χ1n) is 8.38. The topological polar surface area (TPSA) is 53.9 Å². The van der Waals surface area contributed by atoms with E-state index in [1.54, 1.807) is 6.20 Å². The number of halogens is 3. The Bertz CT molecular complexity index is 719. The quantitative estimate of drug-likeness (QED) is 0.885. The highest BCUT2D eigenvalue weighted by Gasteiger charge is 2.33. The molecule has 0 amide bonds. The molecule has 1 unspecified atom stereocenters. The lowest BCUT2D eigenvalue weighted by Gasteiger charge is -2.35. The molecule has 8 heteroatoms. The van der Waals surface area contributed by atoms with Crippen molar-refractivity contribution >= 4 is 17.5 Å². The molecule has 1 aromatic carbocycles. The van der Waals surface area contributed by atoms with Crippen LogP contribution in [0, 0.1) is 0 Å². The number of alkyl halides is 3. The minimum absolute atomic E-state index is 0.0645. The van der Waals surface area contributed by atoms with Crippen molar-refractivity contribution < 1.29 is 13.2 Å². The second kappa shape index (κ2) is 7.25. The number of nitrogens with one attached hydrogen (secondary N) is 1. The molecule has 0 spiro atoms. The first-order chi connectivity index (χ1) is 12.0. The summed E-state index contributed by atoms with van der Waals surface area (Å²) < 4.78 is 39.3. The van der Waals surface area contributed by atoms with Gasteiger partial charge in [0.15, 0.2) is 5.82 Å². The Morgan fingerprint density at radius 3 is 2.80 bits per heavy atom. The fraction of sp³-hybridized carbons (Fsp3) is 0.471. The SMILES string of the molecule is CCC1CCCCN1c1cnnc(Nc2ccccc2C(F)(F)F)n1. The summed E-state index contributed by atoms with van der Waals surface area (Å²) in [6.45, 7) is 2.99. The summed E-state index contributed by atoms with van der Waals surface area (Å²) in [5, 5.41) is 10.4. The van der Waals surface area contributed by atoms with Crippen LogP contribution in [0.4, 0.5) is 30.6 Å². The van der Waals surface area contributed by atoms with E-state index in [4.69, 9.17) is 0 Å². The summed E-state index contributed by atoms with van der Waals surface area (Å²) in [5.74, 6) is 0.711. The zero-order chi connectivity index (χ0) is 17.9. The molecule has 0 radical (unpaired) electrons. The van der Waals surface area contributed by atoms with Gasteiger partial charge in [-0.15, -0.1) is 5.10 Å². The summed E-state index contributed by atoms with van der Waals surface area (Å²) in [6.07, 6.45) is 1.44. The van der Waals surface area contributed by atoms with Crippen molar-refractivity contribution in [3.8, 4) is 0 Å². The van der Waals surface area contributed by atoms with Crippen molar-refractivity contribution in [3.63, 3.8) is 0 Å².